The number of hydrogen-bond acceptors (Lipinski definition) is 5. The van der Waals surface area contributed by atoms with Gasteiger partial charge in [0.25, 0.3) is 5.91 Å². The lowest BCUT2D eigenvalue weighted by atomic mass is 9.90. The first kappa shape index (κ1) is 24.2. The molecule has 1 amide bonds. The molecule has 2 heterocycles. The van der Waals surface area contributed by atoms with E-state index < -0.39 is 0 Å². The SMILES string of the molecule is CCOC(=O)C1CCN(C(c2ccccc2)c2c(NC(=O)c3ccccc3)sc(C)c2C)CC1. The third-order valence-electron chi connectivity index (χ3n) is 6.60. The molecular formula is C28H32N2O3S. The van der Waals surface area contributed by atoms with Gasteiger partial charge in [-0.2, -0.15) is 0 Å². The number of aryl methyl sites for hydroxylation is 1. The predicted molar refractivity (Wildman–Crippen MR) is 137 cm³/mol. The molecule has 2 aromatic carbocycles. The Balaban J connectivity index is 1.67. The number of benzene rings is 2. The van der Waals surface area contributed by atoms with Crippen molar-refractivity contribution in [2.75, 3.05) is 25.0 Å². The Labute approximate surface area is 205 Å². The molecule has 1 aliphatic heterocycles. The van der Waals surface area contributed by atoms with Gasteiger partial charge in [0.1, 0.15) is 5.00 Å². The molecule has 1 aliphatic rings. The number of nitrogens with zero attached hydrogens (tertiary/aromatic N) is 1. The van der Waals surface area contributed by atoms with Crippen molar-refractivity contribution >= 4 is 28.2 Å². The van der Waals surface area contributed by atoms with Gasteiger partial charge in [-0.1, -0.05) is 48.5 Å². The van der Waals surface area contributed by atoms with Crippen LogP contribution in [0.5, 0.6) is 0 Å². The van der Waals surface area contributed by atoms with Gasteiger partial charge in [0.2, 0.25) is 0 Å². The highest BCUT2D eigenvalue weighted by Crippen LogP contribution is 2.43. The van der Waals surface area contributed by atoms with Gasteiger partial charge in [0.05, 0.1) is 18.6 Å². The van der Waals surface area contributed by atoms with E-state index in [0.717, 1.165) is 36.5 Å². The molecule has 1 fully saturated rings. The van der Waals surface area contributed by atoms with Crippen molar-refractivity contribution in [2.24, 2.45) is 5.92 Å². The molecule has 1 unspecified atom stereocenters. The maximum Gasteiger partial charge on any atom is 0.309 e. The predicted octanol–water partition coefficient (Wildman–Crippen LogP) is 5.98. The molecule has 0 saturated carbocycles. The van der Waals surface area contributed by atoms with Crippen LogP contribution in [0, 0.1) is 19.8 Å². The monoisotopic (exact) mass is 476 g/mol. The summed E-state index contributed by atoms with van der Waals surface area (Å²) in [4.78, 5) is 29.0. The van der Waals surface area contributed by atoms with Crippen molar-refractivity contribution in [1.82, 2.24) is 4.90 Å². The van der Waals surface area contributed by atoms with Gasteiger partial charge >= 0.3 is 5.97 Å². The second-order valence-electron chi connectivity index (χ2n) is 8.72. The zero-order chi connectivity index (χ0) is 24.1. The first-order valence-corrected chi connectivity index (χ1v) is 12.7. The minimum absolute atomic E-state index is 0.000342. The van der Waals surface area contributed by atoms with E-state index in [1.807, 2.05) is 43.3 Å². The molecule has 0 spiro atoms. The maximum absolute atomic E-state index is 13.0. The Morgan fingerprint density at radius 2 is 1.65 bits per heavy atom. The largest absolute Gasteiger partial charge is 0.466 e. The topological polar surface area (TPSA) is 58.6 Å². The quantitative estimate of drug-likeness (QED) is 0.426. The number of rotatable bonds is 7. The number of carbonyl (C=O) groups is 2. The van der Waals surface area contributed by atoms with Gasteiger partial charge in [0.15, 0.2) is 0 Å². The number of anilines is 1. The van der Waals surface area contributed by atoms with E-state index in [4.69, 9.17) is 4.74 Å². The Morgan fingerprint density at radius 1 is 1.03 bits per heavy atom. The minimum atomic E-state index is -0.101. The van der Waals surface area contributed by atoms with Crippen LogP contribution in [0.15, 0.2) is 60.7 Å². The van der Waals surface area contributed by atoms with Crippen LogP contribution < -0.4 is 5.32 Å². The Morgan fingerprint density at radius 3 is 2.26 bits per heavy atom. The summed E-state index contributed by atoms with van der Waals surface area (Å²) in [5.41, 5.74) is 4.18. The summed E-state index contributed by atoms with van der Waals surface area (Å²) < 4.78 is 5.27. The molecular weight excluding hydrogens is 444 g/mol. The normalized spacial score (nSPS) is 15.6. The first-order valence-electron chi connectivity index (χ1n) is 11.9. The summed E-state index contributed by atoms with van der Waals surface area (Å²) in [6, 6.07) is 19.8. The van der Waals surface area contributed by atoms with Gasteiger partial charge in [-0.05, 0) is 70.0 Å². The van der Waals surface area contributed by atoms with E-state index in [1.165, 1.54) is 16.0 Å². The van der Waals surface area contributed by atoms with Crippen LogP contribution in [0.2, 0.25) is 0 Å². The van der Waals surface area contributed by atoms with E-state index in [2.05, 4.69) is 48.3 Å². The fourth-order valence-corrected chi connectivity index (χ4v) is 5.77. The molecule has 34 heavy (non-hydrogen) atoms. The highest BCUT2D eigenvalue weighted by atomic mass is 32.1. The molecule has 3 aromatic rings. The average Bonchev–Trinajstić information content (AvgIpc) is 3.14. The second kappa shape index (κ2) is 11.0. The molecule has 0 radical (unpaired) electrons. The number of carbonyl (C=O) groups excluding carboxylic acids is 2. The smallest absolute Gasteiger partial charge is 0.309 e. The molecule has 4 rings (SSSR count). The Bertz CT molecular complexity index is 1120. The second-order valence-corrected chi connectivity index (χ2v) is 9.95. The zero-order valence-electron chi connectivity index (χ0n) is 20.0. The first-order chi connectivity index (χ1) is 16.5. The molecule has 1 atom stereocenters. The number of nitrogens with one attached hydrogen (secondary N) is 1. The highest BCUT2D eigenvalue weighted by Gasteiger charge is 2.34. The summed E-state index contributed by atoms with van der Waals surface area (Å²) in [7, 11) is 0. The average molecular weight is 477 g/mol. The molecule has 0 aliphatic carbocycles. The summed E-state index contributed by atoms with van der Waals surface area (Å²) in [5.74, 6) is -0.233. The van der Waals surface area contributed by atoms with E-state index in [-0.39, 0.29) is 23.8 Å². The number of esters is 1. The van der Waals surface area contributed by atoms with Gasteiger partial charge < -0.3 is 10.1 Å². The van der Waals surface area contributed by atoms with Crippen LogP contribution >= 0.6 is 11.3 Å². The number of thiophene rings is 1. The van der Waals surface area contributed by atoms with E-state index >= 15 is 0 Å². The van der Waals surface area contributed by atoms with E-state index in [0.29, 0.717) is 12.2 Å². The summed E-state index contributed by atoms with van der Waals surface area (Å²) >= 11 is 1.63. The van der Waals surface area contributed by atoms with Crippen LogP contribution in [0.3, 0.4) is 0 Å². The fourth-order valence-electron chi connectivity index (χ4n) is 4.68. The minimum Gasteiger partial charge on any atom is -0.466 e. The summed E-state index contributed by atoms with van der Waals surface area (Å²) in [6.07, 6.45) is 1.55. The zero-order valence-corrected chi connectivity index (χ0v) is 20.9. The molecule has 6 heteroatoms. The number of hydrogen-bond donors (Lipinski definition) is 1. The lowest BCUT2D eigenvalue weighted by Crippen LogP contribution is -2.40. The number of amides is 1. The third kappa shape index (κ3) is 5.24. The lowest BCUT2D eigenvalue weighted by Gasteiger charge is -2.38. The van der Waals surface area contributed by atoms with Gasteiger partial charge in [-0.25, -0.2) is 0 Å². The number of likely N-dealkylation sites (tertiary alicyclic amines) is 1. The molecule has 1 saturated heterocycles. The third-order valence-corrected chi connectivity index (χ3v) is 7.74. The Kier molecular flexibility index (Phi) is 7.80. The fraction of sp³-hybridized carbons (Fsp3) is 0.357. The molecule has 1 N–H and O–H groups in total. The van der Waals surface area contributed by atoms with Crippen molar-refractivity contribution in [3.8, 4) is 0 Å². The van der Waals surface area contributed by atoms with Gasteiger partial charge in [0, 0.05) is 16.0 Å². The maximum atomic E-state index is 13.0. The number of ether oxygens (including phenoxy) is 1. The summed E-state index contributed by atoms with van der Waals surface area (Å²) in [6.45, 7) is 8.11. The summed E-state index contributed by atoms with van der Waals surface area (Å²) in [5, 5.41) is 4.09. The lowest BCUT2D eigenvalue weighted by molar-refractivity contribution is -0.149. The van der Waals surface area contributed by atoms with Crippen LogP contribution in [0.1, 0.15) is 57.7 Å². The van der Waals surface area contributed by atoms with Gasteiger partial charge in [-0.15, -0.1) is 11.3 Å². The van der Waals surface area contributed by atoms with Crippen LogP contribution in [-0.4, -0.2) is 36.5 Å². The standard InChI is InChI=1S/C28H32N2O3S/c1-4-33-28(32)23-15-17-30(18-16-23)25(21-11-7-5-8-12-21)24-19(2)20(3)34-27(24)29-26(31)22-13-9-6-10-14-22/h5-14,23,25H,4,15-18H2,1-3H3,(H,29,31). The Hall–Kier alpha value is -2.96. The van der Waals surface area contributed by atoms with E-state index in [1.54, 1.807) is 11.3 Å². The molecule has 178 valence electrons. The van der Waals surface area contributed by atoms with Crippen molar-refractivity contribution in [2.45, 2.75) is 39.7 Å². The van der Waals surface area contributed by atoms with Crippen molar-refractivity contribution in [1.29, 1.82) is 0 Å². The van der Waals surface area contributed by atoms with Crippen LogP contribution in [0.25, 0.3) is 0 Å². The molecule has 1 aromatic heterocycles. The highest BCUT2D eigenvalue weighted by molar-refractivity contribution is 7.16. The molecule has 5 nitrogen and oxygen atoms in total. The van der Waals surface area contributed by atoms with Crippen LogP contribution in [-0.2, 0) is 9.53 Å². The molecule has 0 bridgehead atoms. The van der Waals surface area contributed by atoms with Crippen molar-refractivity contribution in [3.05, 3.63) is 87.8 Å². The number of piperidine rings is 1. The van der Waals surface area contributed by atoms with Crippen molar-refractivity contribution in [3.63, 3.8) is 0 Å². The van der Waals surface area contributed by atoms with Crippen molar-refractivity contribution < 1.29 is 14.3 Å². The van der Waals surface area contributed by atoms with Gasteiger partial charge in [-0.3, -0.25) is 14.5 Å². The van der Waals surface area contributed by atoms with E-state index in [9.17, 15) is 9.59 Å². The van der Waals surface area contributed by atoms with Crippen LogP contribution in [0.4, 0.5) is 5.00 Å².